The zero-order chi connectivity index (χ0) is 28.3. The third-order valence-corrected chi connectivity index (χ3v) is 8.24. The minimum absolute atomic E-state index is 0.117. The van der Waals surface area contributed by atoms with Crippen LogP contribution >= 0.6 is 11.8 Å². The number of thioether (sulfide) groups is 1. The average Bonchev–Trinajstić information content (AvgIpc) is 3.35. The van der Waals surface area contributed by atoms with Crippen molar-refractivity contribution in [3.8, 4) is 5.75 Å². The van der Waals surface area contributed by atoms with Gasteiger partial charge >= 0.3 is 0 Å². The van der Waals surface area contributed by atoms with E-state index < -0.39 is 0 Å². The molecular weight excluding hydrogens is 536 g/mol. The summed E-state index contributed by atoms with van der Waals surface area (Å²) in [5, 5.41) is 5.06. The van der Waals surface area contributed by atoms with Crippen molar-refractivity contribution < 1.29 is 9.53 Å². The molecule has 6 aromatic carbocycles. The third kappa shape index (κ3) is 5.06. The van der Waals surface area contributed by atoms with Gasteiger partial charge in [-0.2, -0.15) is 0 Å². The first kappa shape index (κ1) is 25.8. The van der Waals surface area contributed by atoms with Crippen LogP contribution in [0.25, 0.3) is 27.6 Å². The Balaban J connectivity index is 1.31. The van der Waals surface area contributed by atoms with E-state index in [2.05, 4.69) is 48.5 Å². The molecule has 0 spiro atoms. The lowest BCUT2D eigenvalue weighted by atomic mass is 10.0. The second-order valence-electron chi connectivity index (χ2n) is 9.94. The van der Waals surface area contributed by atoms with Gasteiger partial charge in [-0.15, -0.1) is 0 Å². The van der Waals surface area contributed by atoms with E-state index in [0.29, 0.717) is 16.7 Å². The van der Waals surface area contributed by atoms with Gasteiger partial charge in [0.1, 0.15) is 12.4 Å². The minimum Gasteiger partial charge on any atom is -0.488 e. The molecule has 0 aromatic heterocycles. The number of fused-ring (bicyclic) bond motifs is 2. The average molecular weight is 563 g/mol. The molecule has 0 atom stereocenters. The van der Waals surface area contributed by atoms with Crippen LogP contribution in [-0.2, 0) is 11.4 Å². The minimum atomic E-state index is -0.117. The maximum atomic E-state index is 14.0. The molecule has 0 N–H and O–H groups in total. The fraction of sp³-hybridized carbons (Fsp3) is 0.0270. The Morgan fingerprint density at radius 2 is 1.31 bits per heavy atom. The highest BCUT2D eigenvalue weighted by atomic mass is 32.2. The molecule has 42 heavy (non-hydrogen) atoms. The molecule has 5 heteroatoms. The fourth-order valence-corrected chi connectivity index (χ4v) is 6.20. The van der Waals surface area contributed by atoms with Crippen molar-refractivity contribution in [3.05, 3.63) is 156 Å². The highest BCUT2D eigenvalue weighted by Crippen LogP contribution is 2.40. The number of rotatable bonds is 6. The molecule has 1 heterocycles. The standard InChI is InChI=1S/C37H26N2O2S/c40-36-35(42-37(38-29-16-3-1-4-17-29)39(36)30-18-5-2-6-19-30)24-33-32-21-10-8-13-27(32)22-23-34(33)41-25-28-15-11-14-26-12-7-9-20-31(26)28/h1-24H,25H2/b35-24+,38-37?. The molecule has 4 nitrogen and oxygen atoms in total. The summed E-state index contributed by atoms with van der Waals surface area (Å²) in [5.41, 5.74) is 3.55. The summed E-state index contributed by atoms with van der Waals surface area (Å²) in [6.07, 6.45) is 1.96. The number of amidine groups is 1. The molecule has 6 aromatic rings. The molecule has 0 unspecified atom stereocenters. The number of nitrogens with zero attached hydrogens (tertiary/aromatic N) is 2. The smallest absolute Gasteiger partial charge is 0.271 e. The number of benzene rings is 6. The van der Waals surface area contributed by atoms with Gasteiger partial charge < -0.3 is 4.74 Å². The summed E-state index contributed by atoms with van der Waals surface area (Å²) in [4.78, 5) is 21.1. The van der Waals surface area contributed by atoms with E-state index in [1.807, 2.05) is 97.1 Å². The quantitative estimate of drug-likeness (QED) is 0.190. The molecule has 1 aliphatic heterocycles. The molecule has 1 amide bonds. The molecule has 0 saturated carbocycles. The van der Waals surface area contributed by atoms with Crippen LogP contribution in [0.15, 0.2) is 149 Å². The molecular formula is C37H26N2O2S. The number of hydrogen-bond acceptors (Lipinski definition) is 4. The number of aliphatic imine (C=N–C) groups is 1. The summed E-state index contributed by atoms with van der Waals surface area (Å²) in [7, 11) is 0. The maximum absolute atomic E-state index is 14.0. The van der Waals surface area contributed by atoms with Gasteiger partial charge in [0.05, 0.1) is 16.3 Å². The molecule has 1 saturated heterocycles. The van der Waals surface area contributed by atoms with Crippen molar-refractivity contribution in [3.63, 3.8) is 0 Å². The van der Waals surface area contributed by atoms with E-state index in [1.165, 1.54) is 22.5 Å². The van der Waals surface area contributed by atoms with Gasteiger partial charge in [0.25, 0.3) is 5.91 Å². The molecule has 1 aliphatic rings. The third-order valence-electron chi connectivity index (χ3n) is 7.27. The van der Waals surface area contributed by atoms with Gasteiger partial charge in [0, 0.05) is 5.56 Å². The first-order valence-corrected chi connectivity index (χ1v) is 14.6. The second-order valence-corrected chi connectivity index (χ2v) is 11.0. The molecule has 0 radical (unpaired) electrons. The summed E-state index contributed by atoms with van der Waals surface area (Å²) in [5.74, 6) is 0.607. The van der Waals surface area contributed by atoms with Gasteiger partial charge in [0.2, 0.25) is 0 Å². The summed E-state index contributed by atoms with van der Waals surface area (Å²) in [6, 6.07) is 46.2. The summed E-state index contributed by atoms with van der Waals surface area (Å²) < 4.78 is 6.51. The topological polar surface area (TPSA) is 41.9 Å². The number of carbonyl (C=O) groups excluding carboxylic acids is 1. The van der Waals surface area contributed by atoms with Crippen LogP contribution in [0.2, 0.25) is 0 Å². The van der Waals surface area contributed by atoms with Gasteiger partial charge in [-0.3, -0.25) is 9.69 Å². The van der Waals surface area contributed by atoms with Crippen molar-refractivity contribution in [2.75, 3.05) is 4.90 Å². The van der Waals surface area contributed by atoms with Crippen LogP contribution in [0.4, 0.5) is 11.4 Å². The van der Waals surface area contributed by atoms with Crippen LogP contribution in [0.1, 0.15) is 11.1 Å². The normalized spacial score (nSPS) is 15.2. The predicted molar refractivity (Wildman–Crippen MR) is 175 cm³/mol. The number of hydrogen-bond donors (Lipinski definition) is 0. The van der Waals surface area contributed by atoms with E-state index in [1.54, 1.807) is 4.90 Å². The predicted octanol–water partition coefficient (Wildman–Crippen LogP) is 9.38. The highest BCUT2D eigenvalue weighted by Gasteiger charge is 2.35. The summed E-state index contributed by atoms with van der Waals surface area (Å²) >= 11 is 1.38. The Kier molecular flexibility index (Phi) is 7.00. The lowest BCUT2D eigenvalue weighted by Gasteiger charge is -2.15. The fourth-order valence-electron chi connectivity index (χ4n) is 5.22. The lowest BCUT2D eigenvalue weighted by Crippen LogP contribution is -2.28. The summed E-state index contributed by atoms with van der Waals surface area (Å²) in [6.45, 7) is 0.411. The number of anilines is 1. The maximum Gasteiger partial charge on any atom is 0.271 e. The van der Waals surface area contributed by atoms with Crippen molar-refractivity contribution in [1.82, 2.24) is 0 Å². The van der Waals surface area contributed by atoms with E-state index in [-0.39, 0.29) is 5.91 Å². The molecule has 7 rings (SSSR count). The van der Waals surface area contributed by atoms with Crippen LogP contribution in [0, 0.1) is 0 Å². The Hall–Kier alpha value is -5.13. The second kappa shape index (κ2) is 11.4. The van der Waals surface area contributed by atoms with Crippen molar-refractivity contribution in [1.29, 1.82) is 0 Å². The van der Waals surface area contributed by atoms with E-state index in [9.17, 15) is 4.79 Å². The number of para-hydroxylation sites is 2. The van der Waals surface area contributed by atoms with Gasteiger partial charge in [-0.05, 0) is 75.3 Å². The van der Waals surface area contributed by atoms with Crippen LogP contribution in [0.3, 0.4) is 0 Å². The lowest BCUT2D eigenvalue weighted by molar-refractivity contribution is -0.113. The number of amides is 1. The SMILES string of the molecule is O=C1/C(=C\c2c(OCc3cccc4ccccc34)ccc3ccccc23)SC(=Nc2ccccc2)N1c1ccccc1. The first-order valence-electron chi connectivity index (χ1n) is 13.8. The molecule has 0 aliphatic carbocycles. The van der Waals surface area contributed by atoms with Crippen LogP contribution in [0.5, 0.6) is 5.75 Å². The van der Waals surface area contributed by atoms with E-state index in [4.69, 9.17) is 9.73 Å². The van der Waals surface area contributed by atoms with Gasteiger partial charge in [-0.25, -0.2) is 4.99 Å². The van der Waals surface area contributed by atoms with Crippen LogP contribution < -0.4 is 9.64 Å². The zero-order valence-corrected chi connectivity index (χ0v) is 23.5. The Morgan fingerprint density at radius 1 is 0.667 bits per heavy atom. The Labute approximate surface area is 248 Å². The molecule has 0 bridgehead atoms. The van der Waals surface area contributed by atoms with Crippen molar-refractivity contribution in [2.24, 2.45) is 4.99 Å². The largest absolute Gasteiger partial charge is 0.488 e. The van der Waals surface area contributed by atoms with Gasteiger partial charge in [-0.1, -0.05) is 109 Å². The van der Waals surface area contributed by atoms with Crippen LogP contribution in [-0.4, -0.2) is 11.1 Å². The van der Waals surface area contributed by atoms with E-state index >= 15 is 0 Å². The van der Waals surface area contributed by atoms with Gasteiger partial charge in [0.15, 0.2) is 5.17 Å². The molecule has 1 fully saturated rings. The monoisotopic (exact) mass is 562 g/mol. The number of ether oxygens (including phenoxy) is 1. The highest BCUT2D eigenvalue weighted by molar-refractivity contribution is 8.19. The molecule has 202 valence electrons. The Morgan fingerprint density at radius 3 is 2.10 bits per heavy atom. The Bertz CT molecular complexity index is 1980. The first-order chi connectivity index (χ1) is 20.7. The zero-order valence-electron chi connectivity index (χ0n) is 22.7. The van der Waals surface area contributed by atoms with Crippen molar-refractivity contribution >= 4 is 61.8 Å². The number of carbonyl (C=O) groups is 1. The van der Waals surface area contributed by atoms with E-state index in [0.717, 1.165) is 39.0 Å². The van der Waals surface area contributed by atoms with Crippen molar-refractivity contribution in [2.45, 2.75) is 6.61 Å².